The highest BCUT2D eigenvalue weighted by atomic mass is 16.2. The summed E-state index contributed by atoms with van der Waals surface area (Å²) in [7, 11) is 1.73. The molecule has 1 aliphatic rings. The molecule has 2 aromatic carbocycles. The normalized spacial score (nSPS) is 14.9. The Kier molecular flexibility index (Phi) is 8.33. The van der Waals surface area contributed by atoms with Crippen molar-refractivity contribution in [3.63, 3.8) is 0 Å². The molecule has 1 aliphatic heterocycles. The minimum atomic E-state index is 0.0537. The van der Waals surface area contributed by atoms with Gasteiger partial charge in [0.2, 0.25) is 5.91 Å². The lowest BCUT2D eigenvalue weighted by atomic mass is 10.1. The van der Waals surface area contributed by atoms with Gasteiger partial charge >= 0.3 is 0 Å². The fourth-order valence-corrected chi connectivity index (χ4v) is 3.90. The predicted molar refractivity (Wildman–Crippen MR) is 128 cm³/mol. The van der Waals surface area contributed by atoms with E-state index in [1.807, 2.05) is 42.2 Å². The largest absolute Gasteiger partial charge is 0.372 e. The average Bonchev–Trinajstić information content (AvgIpc) is 3.35. The van der Waals surface area contributed by atoms with Gasteiger partial charge in [-0.15, -0.1) is 0 Å². The molecule has 0 saturated carbocycles. The van der Waals surface area contributed by atoms with Gasteiger partial charge in [0.1, 0.15) is 0 Å². The Balaban J connectivity index is 1.53. The van der Waals surface area contributed by atoms with Gasteiger partial charge in [-0.1, -0.05) is 42.5 Å². The first-order valence-corrected chi connectivity index (χ1v) is 11.2. The summed E-state index contributed by atoms with van der Waals surface area (Å²) in [5.74, 6) is 0.682. The third-order valence-corrected chi connectivity index (χ3v) is 5.78. The number of anilines is 1. The number of benzene rings is 2. The molecule has 0 aliphatic carbocycles. The molecule has 6 nitrogen and oxygen atoms in total. The van der Waals surface area contributed by atoms with Crippen molar-refractivity contribution in [2.24, 2.45) is 4.99 Å². The molecule has 1 amide bonds. The standard InChI is InChI=1S/C25H35N5O/c1-4-29(19-21-11-6-5-7-12-21)24(31)18-27-25(26-3)28-20(2)22-13-10-14-23(17-22)30-15-8-9-16-30/h5-7,10-14,17,20H,4,8-9,15-16,18-19H2,1-3H3,(H2,26,27,28). The number of hydrogen-bond donors (Lipinski definition) is 2. The summed E-state index contributed by atoms with van der Waals surface area (Å²) in [5.41, 5.74) is 3.62. The van der Waals surface area contributed by atoms with Gasteiger partial charge in [-0.25, -0.2) is 0 Å². The summed E-state index contributed by atoms with van der Waals surface area (Å²) in [6.45, 7) is 7.88. The molecule has 3 rings (SSSR count). The Morgan fingerprint density at radius 3 is 2.55 bits per heavy atom. The van der Waals surface area contributed by atoms with Crippen LogP contribution < -0.4 is 15.5 Å². The van der Waals surface area contributed by atoms with E-state index >= 15 is 0 Å². The molecule has 1 saturated heterocycles. The first-order valence-electron chi connectivity index (χ1n) is 11.2. The second kappa shape index (κ2) is 11.4. The zero-order valence-corrected chi connectivity index (χ0v) is 19.0. The van der Waals surface area contributed by atoms with E-state index in [1.54, 1.807) is 7.05 Å². The third kappa shape index (κ3) is 6.48. The maximum absolute atomic E-state index is 12.7. The highest BCUT2D eigenvalue weighted by Gasteiger charge is 2.16. The molecule has 1 heterocycles. The summed E-state index contributed by atoms with van der Waals surface area (Å²) in [6, 6.07) is 18.8. The van der Waals surface area contributed by atoms with E-state index in [4.69, 9.17) is 0 Å². The van der Waals surface area contributed by atoms with Crippen LogP contribution in [-0.4, -0.2) is 50.0 Å². The van der Waals surface area contributed by atoms with Crippen molar-refractivity contribution < 1.29 is 4.79 Å². The van der Waals surface area contributed by atoms with E-state index in [0.717, 1.165) is 18.7 Å². The number of guanidine groups is 1. The molecule has 31 heavy (non-hydrogen) atoms. The zero-order valence-electron chi connectivity index (χ0n) is 19.0. The van der Waals surface area contributed by atoms with E-state index in [0.29, 0.717) is 19.0 Å². The van der Waals surface area contributed by atoms with Gasteiger partial charge in [-0.2, -0.15) is 0 Å². The Labute approximate surface area is 186 Å². The molecule has 0 bridgehead atoms. The van der Waals surface area contributed by atoms with E-state index in [1.165, 1.54) is 24.1 Å². The summed E-state index contributed by atoms with van der Waals surface area (Å²) in [4.78, 5) is 21.3. The van der Waals surface area contributed by atoms with Crippen LogP contribution in [0.5, 0.6) is 0 Å². The molecule has 2 N–H and O–H groups in total. The van der Waals surface area contributed by atoms with E-state index in [9.17, 15) is 4.79 Å². The Bertz CT molecular complexity index is 861. The highest BCUT2D eigenvalue weighted by molar-refractivity contribution is 5.86. The topological polar surface area (TPSA) is 60.0 Å². The lowest BCUT2D eigenvalue weighted by Crippen LogP contribution is -2.45. The molecule has 0 spiro atoms. The second-order valence-corrected chi connectivity index (χ2v) is 7.97. The Hall–Kier alpha value is -3.02. The van der Waals surface area contributed by atoms with Crippen molar-refractivity contribution in [3.05, 3.63) is 65.7 Å². The number of hydrogen-bond acceptors (Lipinski definition) is 3. The second-order valence-electron chi connectivity index (χ2n) is 7.97. The van der Waals surface area contributed by atoms with Crippen LogP contribution in [0.15, 0.2) is 59.6 Å². The molecule has 0 aromatic heterocycles. The Morgan fingerprint density at radius 1 is 1.13 bits per heavy atom. The van der Waals surface area contributed by atoms with Crippen LogP contribution >= 0.6 is 0 Å². The SMILES string of the molecule is CCN(Cc1ccccc1)C(=O)CNC(=NC)NC(C)c1cccc(N2CCCC2)c1. The van der Waals surface area contributed by atoms with Gasteiger partial charge in [0.05, 0.1) is 12.6 Å². The fourth-order valence-electron chi connectivity index (χ4n) is 3.90. The van der Waals surface area contributed by atoms with Crippen molar-refractivity contribution in [2.75, 3.05) is 38.1 Å². The first kappa shape index (κ1) is 22.7. The van der Waals surface area contributed by atoms with Gasteiger partial charge < -0.3 is 20.4 Å². The van der Waals surface area contributed by atoms with Gasteiger partial charge in [0.15, 0.2) is 5.96 Å². The van der Waals surface area contributed by atoms with Gasteiger partial charge in [-0.05, 0) is 49.9 Å². The lowest BCUT2D eigenvalue weighted by Gasteiger charge is -2.24. The molecular weight excluding hydrogens is 386 g/mol. The highest BCUT2D eigenvalue weighted by Crippen LogP contribution is 2.23. The molecule has 1 unspecified atom stereocenters. The summed E-state index contributed by atoms with van der Waals surface area (Å²) < 4.78 is 0. The third-order valence-electron chi connectivity index (χ3n) is 5.78. The van der Waals surface area contributed by atoms with Crippen LogP contribution in [0.3, 0.4) is 0 Å². The van der Waals surface area contributed by atoms with Crippen LogP contribution in [-0.2, 0) is 11.3 Å². The maximum atomic E-state index is 12.7. The predicted octanol–water partition coefficient (Wildman–Crippen LogP) is 3.56. The number of rotatable bonds is 8. The summed E-state index contributed by atoms with van der Waals surface area (Å²) in [5, 5.41) is 6.59. The van der Waals surface area contributed by atoms with Crippen LogP contribution in [0.4, 0.5) is 5.69 Å². The molecular formula is C25H35N5O. The van der Waals surface area contributed by atoms with Crippen molar-refractivity contribution >= 4 is 17.6 Å². The lowest BCUT2D eigenvalue weighted by molar-refractivity contribution is -0.130. The number of likely N-dealkylation sites (N-methyl/N-ethyl adjacent to an activating group) is 1. The molecule has 6 heteroatoms. The van der Waals surface area contributed by atoms with Crippen molar-refractivity contribution in [3.8, 4) is 0 Å². The number of nitrogens with zero attached hydrogens (tertiary/aromatic N) is 3. The molecule has 1 fully saturated rings. The van der Waals surface area contributed by atoms with Crippen LogP contribution in [0, 0.1) is 0 Å². The molecule has 1 atom stereocenters. The van der Waals surface area contributed by atoms with Crippen molar-refractivity contribution in [1.82, 2.24) is 15.5 Å². The van der Waals surface area contributed by atoms with Crippen molar-refractivity contribution in [2.45, 2.75) is 39.3 Å². The number of aliphatic imine (C=N–C) groups is 1. The smallest absolute Gasteiger partial charge is 0.242 e. The van der Waals surface area contributed by atoms with Gasteiger partial charge in [0.25, 0.3) is 0 Å². The zero-order chi connectivity index (χ0) is 22.1. The maximum Gasteiger partial charge on any atom is 0.242 e. The average molecular weight is 422 g/mol. The summed E-state index contributed by atoms with van der Waals surface area (Å²) >= 11 is 0. The quantitative estimate of drug-likeness (QED) is 0.505. The number of carbonyl (C=O) groups excluding carboxylic acids is 1. The number of carbonyl (C=O) groups is 1. The fraction of sp³-hybridized carbons (Fsp3) is 0.440. The van der Waals surface area contributed by atoms with Crippen molar-refractivity contribution in [1.29, 1.82) is 0 Å². The van der Waals surface area contributed by atoms with E-state index in [2.05, 4.69) is 51.7 Å². The van der Waals surface area contributed by atoms with Crippen LogP contribution in [0.25, 0.3) is 0 Å². The van der Waals surface area contributed by atoms with E-state index < -0.39 is 0 Å². The van der Waals surface area contributed by atoms with Gasteiger partial charge in [0, 0.05) is 38.9 Å². The van der Waals surface area contributed by atoms with Crippen LogP contribution in [0.1, 0.15) is 43.9 Å². The van der Waals surface area contributed by atoms with Crippen LogP contribution in [0.2, 0.25) is 0 Å². The minimum absolute atomic E-state index is 0.0537. The first-order chi connectivity index (χ1) is 15.1. The van der Waals surface area contributed by atoms with E-state index in [-0.39, 0.29) is 18.5 Å². The number of nitrogens with one attached hydrogen (secondary N) is 2. The summed E-state index contributed by atoms with van der Waals surface area (Å²) in [6.07, 6.45) is 2.53. The monoisotopic (exact) mass is 421 g/mol. The minimum Gasteiger partial charge on any atom is -0.372 e. The molecule has 166 valence electrons. The molecule has 0 radical (unpaired) electrons. The van der Waals surface area contributed by atoms with Gasteiger partial charge in [-0.3, -0.25) is 9.79 Å². The number of amides is 1. The molecule has 2 aromatic rings. The Morgan fingerprint density at radius 2 is 1.87 bits per heavy atom.